The van der Waals surface area contributed by atoms with Crippen molar-refractivity contribution in [3.8, 4) is 11.3 Å². The second-order valence-corrected chi connectivity index (χ2v) is 9.61. The molecule has 1 aromatic carbocycles. The van der Waals surface area contributed by atoms with Crippen molar-refractivity contribution in [1.82, 2.24) is 19.8 Å². The smallest absolute Gasteiger partial charge is 0.259 e. The fraction of sp³-hybridized carbons (Fsp3) is 0.381. The number of nitrogens with zero attached hydrogens (tertiary/aromatic N) is 3. The number of amides is 1. The molecule has 1 aliphatic heterocycles. The summed E-state index contributed by atoms with van der Waals surface area (Å²) in [5, 5.41) is 4.62. The van der Waals surface area contributed by atoms with Crippen molar-refractivity contribution < 1.29 is 17.7 Å². The van der Waals surface area contributed by atoms with Crippen molar-refractivity contribution in [2.75, 3.05) is 19.3 Å². The number of carbonyl (C=O) groups is 1. The molecule has 1 aliphatic rings. The summed E-state index contributed by atoms with van der Waals surface area (Å²) in [4.78, 5) is 19.7. The highest BCUT2D eigenvalue weighted by atomic mass is 32.2. The van der Waals surface area contributed by atoms with E-state index in [0.717, 1.165) is 17.4 Å². The Morgan fingerprint density at radius 2 is 1.83 bits per heavy atom. The highest BCUT2D eigenvalue weighted by molar-refractivity contribution is 7.88. The second-order valence-electron chi connectivity index (χ2n) is 7.83. The Morgan fingerprint density at radius 3 is 2.47 bits per heavy atom. The van der Waals surface area contributed by atoms with Crippen molar-refractivity contribution in [1.29, 1.82) is 0 Å². The molecule has 30 heavy (non-hydrogen) atoms. The van der Waals surface area contributed by atoms with E-state index in [-0.39, 0.29) is 11.9 Å². The van der Waals surface area contributed by atoms with Crippen LogP contribution in [0, 0.1) is 13.8 Å². The number of benzene rings is 1. The minimum atomic E-state index is -3.26. The predicted molar refractivity (Wildman–Crippen MR) is 114 cm³/mol. The normalized spacial score (nSPS) is 15.6. The van der Waals surface area contributed by atoms with Gasteiger partial charge in [-0.1, -0.05) is 35.0 Å². The van der Waals surface area contributed by atoms with E-state index in [1.165, 1.54) is 0 Å². The Bertz CT molecular complexity index is 1190. The molecule has 3 heterocycles. The Hall–Kier alpha value is -2.78. The average Bonchev–Trinajstić information content (AvgIpc) is 3.08. The molecule has 4 rings (SSSR count). The summed E-state index contributed by atoms with van der Waals surface area (Å²) in [5.74, 6) is -0.125. The van der Waals surface area contributed by atoms with Crippen LogP contribution in [0.1, 0.15) is 34.5 Å². The number of hydrogen-bond donors (Lipinski definition) is 1. The maximum atomic E-state index is 13.4. The van der Waals surface area contributed by atoms with E-state index in [9.17, 15) is 13.2 Å². The molecule has 158 valence electrons. The summed E-state index contributed by atoms with van der Waals surface area (Å²) in [6.45, 7) is 4.75. The van der Waals surface area contributed by atoms with Crippen LogP contribution in [-0.4, -0.2) is 54.8 Å². The summed E-state index contributed by atoms with van der Waals surface area (Å²) in [5.41, 5.74) is 4.13. The zero-order chi connectivity index (χ0) is 21.5. The van der Waals surface area contributed by atoms with Gasteiger partial charge in [0.15, 0.2) is 0 Å². The van der Waals surface area contributed by atoms with Crippen LogP contribution in [0.4, 0.5) is 0 Å². The molecule has 3 aromatic rings. The zero-order valence-electron chi connectivity index (χ0n) is 17.2. The zero-order valence-corrected chi connectivity index (χ0v) is 18.0. The van der Waals surface area contributed by atoms with E-state index in [1.54, 1.807) is 17.9 Å². The highest BCUT2D eigenvalue weighted by Gasteiger charge is 2.28. The fourth-order valence-electron chi connectivity index (χ4n) is 3.81. The van der Waals surface area contributed by atoms with Crippen molar-refractivity contribution in [2.24, 2.45) is 0 Å². The van der Waals surface area contributed by atoms with Gasteiger partial charge in [-0.25, -0.2) is 18.1 Å². The molecule has 1 amide bonds. The molecule has 0 unspecified atom stereocenters. The molecule has 8 nitrogen and oxygen atoms in total. The molecule has 0 spiro atoms. The molecule has 2 aromatic heterocycles. The van der Waals surface area contributed by atoms with E-state index < -0.39 is 10.0 Å². The molecule has 1 N–H and O–H groups in total. The number of piperidine rings is 1. The first-order valence-electron chi connectivity index (χ1n) is 9.82. The third-order valence-corrected chi connectivity index (χ3v) is 6.12. The van der Waals surface area contributed by atoms with Crippen molar-refractivity contribution in [3.63, 3.8) is 0 Å². The number of nitrogens with one attached hydrogen (secondary N) is 1. The van der Waals surface area contributed by atoms with Gasteiger partial charge < -0.3 is 9.42 Å². The number of carbonyl (C=O) groups excluding carboxylic acids is 1. The Balaban J connectivity index is 1.65. The predicted octanol–water partition coefficient (Wildman–Crippen LogP) is 2.66. The third-order valence-electron chi connectivity index (χ3n) is 5.36. The fourth-order valence-corrected chi connectivity index (χ4v) is 4.65. The first kappa shape index (κ1) is 20.5. The van der Waals surface area contributed by atoms with E-state index in [0.29, 0.717) is 54.0 Å². The quantitative estimate of drug-likeness (QED) is 0.685. The molecule has 0 aliphatic carbocycles. The average molecular weight is 429 g/mol. The first-order chi connectivity index (χ1) is 14.2. The minimum absolute atomic E-state index is 0.125. The van der Waals surface area contributed by atoms with Gasteiger partial charge in [-0.05, 0) is 32.8 Å². The SMILES string of the molecule is Cc1ccc(-c2cc(C(=O)N3CCC(NS(C)(=O)=O)CC3)c3c(C)noc3n2)cc1. The van der Waals surface area contributed by atoms with Gasteiger partial charge in [-0.2, -0.15) is 0 Å². The van der Waals surface area contributed by atoms with Gasteiger partial charge >= 0.3 is 0 Å². The van der Waals surface area contributed by atoms with Crippen molar-refractivity contribution >= 4 is 27.0 Å². The third kappa shape index (κ3) is 4.22. The number of aromatic nitrogens is 2. The molecular formula is C21H24N4O4S. The second kappa shape index (κ2) is 7.81. The Morgan fingerprint density at radius 1 is 1.17 bits per heavy atom. The topological polar surface area (TPSA) is 105 Å². The first-order valence-corrected chi connectivity index (χ1v) is 11.7. The van der Waals surface area contributed by atoms with E-state index in [4.69, 9.17) is 4.52 Å². The Kier molecular flexibility index (Phi) is 5.33. The summed E-state index contributed by atoms with van der Waals surface area (Å²) >= 11 is 0. The monoisotopic (exact) mass is 428 g/mol. The number of rotatable bonds is 4. The maximum absolute atomic E-state index is 13.4. The van der Waals surface area contributed by atoms with E-state index in [1.807, 2.05) is 31.2 Å². The van der Waals surface area contributed by atoms with Gasteiger partial charge in [-0.3, -0.25) is 4.79 Å². The lowest BCUT2D eigenvalue weighted by Gasteiger charge is -2.32. The van der Waals surface area contributed by atoms with Crippen molar-refractivity contribution in [3.05, 3.63) is 47.2 Å². The van der Waals surface area contributed by atoms with Gasteiger partial charge in [0.1, 0.15) is 0 Å². The molecule has 1 saturated heterocycles. The van der Waals surface area contributed by atoms with Gasteiger partial charge in [0, 0.05) is 24.7 Å². The molecule has 9 heteroatoms. The van der Waals surface area contributed by atoms with Crippen LogP contribution in [0.25, 0.3) is 22.4 Å². The number of hydrogen-bond acceptors (Lipinski definition) is 6. The van der Waals surface area contributed by atoms with E-state index >= 15 is 0 Å². The molecule has 0 bridgehead atoms. The highest BCUT2D eigenvalue weighted by Crippen LogP contribution is 2.29. The van der Waals surface area contributed by atoms with Crippen LogP contribution in [-0.2, 0) is 10.0 Å². The number of likely N-dealkylation sites (tertiary alicyclic amines) is 1. The van der Waals surface area contributed by atoms with Crippen molar-refractivity contribution in [2.45, 2.75) is 32.7 Å². The minimum Gasteiger partial charge on any atom is -0.339 e. The summed E-state index contributed by atoms with van der Waals surface area (Å²) < 4.78 is 30.9. The largest absolute Gasteiger partial charge is 0.339 e. The van der Waals surface area contributed by atoms with Crippen LogP contribution >= 0.6 is 0 Å². The van der Waals surface area contributed by atoms with Crippen LogP contribution in [0.2, 0.25) is 0 Å². The standard InChI is InChI=1S/C21H24N4O4S/c1-13-4-6-15(7-5-13)18-12-17(19-14(2)23-29-20(19)22-18)21(26)25-10-8-16(9-11-25)24-30(3,27)28/h4-7,12,16,24H,8-11H2,1-3H3. The van der Waals surface area contributed by atoms with Crippen LogP contribution < -0.4 is 4.72 Å². The van der Waals surface area contributed by atoms with Crippen LogP contribution in [0.15, 0.2) is 34.9 Å². The lowest BCUT2D eigenvalue weighted by Crippen LogP contribution is -2.46. The summed E-state index contributed by atoms with van der Waals surface area (Å²) in [6.07, 6.45) is 2.29. The molecular weight excluding hydrogens is 404 g/mol. The lowest BCUT2D eigenvalue weighted by molar-refractivity contribution is 0.0713. The van der Waals surface area contributed by atoms with Gasteiger partial charge in [0.2, 0.25) is 10.0 Å². The van der Waals surface area contributed by atoms with Crippen LogP contribution in [0.3, 0.4) is 0 Å². The Labute approximate surface area is 175 Å². The summed E-state index contributed by atoms with van der Waals surface area (Å²) in [6, 6.07) is 9.55. The molecule has 0 radical (unpaired) electrons. The van der Waals surface area contributed by atoms with Gasteiger partial charge in [-0.15, -0.1) is 0 Å². The number of aryl methyl sites for hydroxylation is 2. The van der Waals surface area contributed by atoms with Crippen LogP contribution in [0.5, 0.6) is 0 Å². The number of sulfonamides is 1. The summed E-state index contributed by atoms with van der Waals surface area (Å²) in [7, 11) is -3.26. The number of pyridine rings is 1. The number of fused-ring (bicyclic) bond motifs is 1. The van der Waals surface area contributed by atoms with Gasteiger partial charge in [0.05, 0.1) is 28.6 Å². The molecule has 1 fully saturated rings. The maximum Gasteiger partial charge on any atom is 0.259 e. The van der Waals surface area contributed by atoms with E-state index in [2.05, 4.69) is 14.9 Å². The lowest BCUT2D eigenvalue weighted by atomic mass is 10.0. The molecule has 0 atom stereocenters. The van der Waals surface area contributed by atoms with Gasteiger partial charge in [0.25, 0.3) is 11.6 Å². The molecule has 0 saturated carbocycles.